The molecule has 0 saturated heterocycles. The Kier molecular flexibility index (Phi) is 4.59. The lowest BCUT2D eigenvalue weighted by Gasteiger charge is -2.29. The van der Waals surface area contributed by atoms with Crippen LogP contribution in [0.15, 0.2) is 18.2 Å². The summed E-state index contributed by atoms with van der Waals surface area (Å²) in [6.45, 7) is -0.108. The molecule has 0 radical (unpaired) electrons. The number of aliphatic hydroxyl groups is 1. The molecule has 0 amide bonds. The van der Waals surface area contributed by atoms with Gasteiger partial charge in [0.2, 0.25) is 0 Å². The van der Waals surface area contributed by atoms with Crippen LogP contribution in [0.1, 0.15) is 44.1 Å². The van der Waals surface area contributed by atoms with Crippen LogP contribution in [0.5, 0.6) is 0 Å². The summed E-state index contributed by atoms with van der Waals surface area (Å²) in [7, 11) is 2.03. The Bertz CT molecular complexity index is 386. The van der Waals surface area contributed by atoms with Crippen molar-refractivity contribution in [3.05, 3.63) is 29.6 Å². The smallest absolute Gasteiger partial charge is 0.125 e. The minimum Gasteiger partial charge on any atom is -0.392 e. The number of nitrogens with zero attached hydrogens (tertiary/aromatic N) is 1. The zero-order valence-corrected chi connectivity index (χ0v) is 11.0. The lowest BCUT2D eigenvalue weighted by atomic mass is 10.1. The van der Waals surface area contributed by atoms with Gasteiger partial charge in [0, 0.05) is 18.8 Å². The van der Waals surface area contributed by atoms with Crippen LogP contribution in [-0.2, 0) is 6.61 Å². The predicted octanol–water partition coefficient (Wildman–Crippen LogP) is 3.48. The molecule has 0 heterocycles. The van der Waals surface area contributed by atoms with E-state index in [1.165, 1.54) is 44.6 Å². The lowest BCUT2D eigenvalue weighted by Crippen LogP contribution is -2.31. The molecule has 0 aliphatic heterocycles. The summed E-state index contributed by atoms with van der Waals surface area (Å²) in [4.78, 5) is 2.17. The zero-order chi connectivity index (χ0) is 13.0. The van der Waals surface area contributed by atoms with Crippen molar-refractivity contribution in [2.75, 3.05) is 11.9 Å². The van der Waals surface area contributed by atoms with Crippen LogP contribution in [0.25, 0.3) is 0 Å². The number of rotatable bonds is 3. The maximum atomic E-state index is 13.5. The van der Waals surface area contributed by atoms with Crippen LogP contribution in [0, 0.1) is 5.82 Å². The summed E-state index contributed by atoms with van der Waals surface area (Å²) in [5, 5.41) is 9.14. The van der Waals surface area contributed by atoms with Crippen molar-refractivity contribution >= 4 is 5.69 Å². The first-order chi connectivity index (χ1) is 8.70. The highest BCUT2D eigenvalue weighted by molar-refractivity contribution is 5.49. The fourth-order valence-electron chi connectivity index (χ4n) is 2.78. The Balaban J connectivity index is 2.15. The molecule has 0 atom stereocenters. The summed E-state index contributed by atoms with van der Waals surface area (Å²) >= 11 is 0. The molecule has 1 saturated carbocycles. The van der Waals surface area contributed by atoms with Gasteiger partial charge in [-0.25, -0.2) is 4.39 Å². The minimum absolute atomic E-state index is 0.108. The van der Waals surface area contributed by atoms with Gasteiger partial charge < -0.3 is 10.0 Å². The molecule has 1 aliphatic rings. The highest BCUT2D eigenvalue weighted by Crippen LogP contribution is 2.26. The van der Waals surface area contributed by atoms with Crippen LogP contribution >= 0.6 is 0 Å². The van der Waals surface area contributed by atoms with Crippen LogP contribution in [-0.4, -0.2) is 18.2 Å². The standard InChI is InChI=1S/C15H22FNO/c1-17(14-6-4-2-3-5-7-14)15-9-12(11-18)8-13(16)10-15/h8-10,14,18H,2-7,11H2,1H3. The molecule has 0 aromatic heterocycles. The van der Waals surface area contributed by atoms with Crippen molar-refractivity contribution in [2.24, 2.45) is 0 Å². The Morgan fingerprint density at radius 3 is 2.44 bits per heavy atom. The number of anilines is 1. The maximum Gasteiger partial charge on any atom is 0.125 e. The van der Waals surface area contributed by atoms with E-state index in [0.717, 1.165) is 5.69 Å². The second-order valence-corrected chi connectivity index (χ2v) is 5.23. The van der Waals surface area contributed by atoms with Crippen molar-refractivity contribution < 1.29 is 9.50 Å². The summed E-state index contributed by atoms with van der Waals surface area (Å²) in [6, 6.07) is 5.34. The second-order valence-electron chi connectivity index (χ2n) is 5.23. The molecule has 2 rings (SSSR count). The first-order valence-corrected chi connectivity index (χ1v) is 6.84. The van der Waals surface area contributed by atoms with E-state index in [9.17, 15) is 4.39 Å². The molecular formula is C15H22FNO. The normalized spacial score (nSPS) is 17.5. The fourth-order valence-corrected chi connectivity index (χ4v) is 2.78. The summed E-state index contributed by atoms with van der Waals surface area (Å²) in [6.07, 6.45) is 7.52. The van der Waals surface area contributed by atoms with Gasteiger partial charge in [-0.2, -0.15) is 0 Å². The van der Waals surface area contributed by atoms with Crippen LogP contribution < -0.4 is 4.90 Å². The van der Waals surface area contributed by atoms with Gasteiger partial charge in [0.1, 0.15) is 5.82 Å². The third-order valence-corrected chi connectivity index (χ3v) is 3.90. The molecule has 0 unspecified atom stereocenters. The highest BCUT2D eigenvalue weighted by atomic mass is 19.1. The van der Waals surface area contributed by atoms with Crippen LogP contribution in [0.4, 0.5) is 10.1 Å². The van der Waals surface area contributed by atoms with E-state index < -0.39 is 0 Å². The van der Waals surface area contributed by atoms with E-state index in [4.69, 9.17) is 5.11 Å². The van der Waals surface area contributed by atoms with Crippen molar-refractivity contribution in [1.29, 1.82) is 0 Å². The molecule has 0 spiro atoms. The molecule has 2 nitrogen and oxygen atoms in total. The van der Waals surface area contributed by atoms with Gasteiger partial charge in [0.15, 0.2) is 0 Å². The van der Waals surface area contributed by atoms with Gasteiger partial charge in [0.05, 0.1) is 6.61 Å². The first-order valence-electron chi connectivity index (χ1n) is 6.84. The monoisotopic (exact) mass is 251 g/mol. The molecule has 1 N–H and O–H groups in total. The topological polar surface area (TPSA) is 23.5 Å². The average Bonchev–Trinajstić information content (AvgIpc) is 2.65. The quantitative estimate of drug-likeness (QED) is 0.831. The van der Waals surface area contributed by atoms with Gasteiger partial charge in [-0.15, -0.1) is 0 Å². The molecule has 18 heavy (non-hydrogen) atoms. The minimum atomic E-state index is -0.267. The molecule has 100 valence electrons. The summed E-state index contributed by atoms with van der Waals surface area (Å²) < 4.78 is 13.5. The molecule has 3 heteroatoms. The van der Waals surface area contributed by atoms with Gasteiger partial charge in [-0.05, 0) is 36.6 Å². The Labute approximate surface area is 108 Å². The van der Waals surface area contributed by atoms with E-state index in [1.807, 2.05) is 13.1 Å². The SMILES string of the molecule is CN(c1cc(F)cc(CO)c1)C1CCCCCC1. The highest BCUT2D eigenvalue weighted by Gasteiger charge is 2.18. The molecule has 0 bridgehead atoms. The summed E-state index contributed by atoms with van der Waals surface area (Å²) in [5.74, 6) is -0.267. The average molecular weight is 251 g/mol. The van der Waals surface area contributed by atoms with Crippen molar-refractivity contribution in [1.82, 2.24) is 0 Å². The predicted molar refractivity (Wildman–Crippen MR) is 72.2 cm³/mol. The van der Waals surface area contributed by atoms with Gasteiger partial charge >= 0.3 is 0 Å². The van der Waals surface area contributed by atoms with Crippen molar-refractivity contribution in [3.8, 4) is 0 Å². The summed E-state index contributed by atoms with van der Waals surface area (Å²) in [5.41, 5.74) is 1.52. The third kappa shape index (κ3) is 3.22. The van der Waals surface area contributed by atoms with Crippen molar-refractivity contribution in [3.63, 3.8) is 0 Å². The number of benzene rings is 1. The number of aliphatic hydroxyl groups excluding tert-OH is 1. The number of hydrogen-bond acceptors (Lipinski definition) is 2. The fraction of sp³-hybridized carbons (Fsp3) is 0.600. The Morgan fingerprint density at radius 1 is 1.17 bits per heavy atom. The first kappa shape index (κ1) is 13.3. The van der Waals surface area contributed by atoms with Gasteiger partial charge in [-0.3, -0.25) is 0 Å². The maximum absolute atomic E-state index is 13.5. The molecular weight excluding hydrogens is 229 g/mol. The van der Waals surface area contributed by atoms with E-state index in [-0.39, 0.29) is 12.4 Å². The number of halogens is 1. The van der Waals surface area contributed by atoms with E-state index >= 15 is 0 Å². The van der Waals surface area contributed by atoms with E-state index in [1.54, 1.807) is 6.07 Å². The zero-order valence-electron chi connectivity index (χ0n) is 11.0. The Morgan fingerprint density at radius 2 is 1.83 bits per heavy atom. The van der Waals surface area contributed by atoms with Crippen LogP contribution in [0.2, 0.25) is 0 Å². The third-order valence-electron chi connectivity index (χ3n) is 3.90. The largest absolute Gasteiger partial charge is 0.392 e. The molecule has 1 aliphatic carbocycles. The second kappa shape index (κ2) is 6.19. The van der Waals surface area contributed by atoms with E-state index in [0.29, 0.717) is 11.6 Å². The Hall–Kier alpha value is -1.09. The molecule has 1 fully saturated rings. The van der Waals surface area contributed by atoms with Crippen LogP contribution in [0.3, 0.4) is 0 Å². The lowest BCUT2D eigenvalue weighted by molar-refractivity contribution is 0.281. The van der Waals surface area contributed by atoms with Gasteiger partial charge in [-0.1, -0.05) is 25.7 Å². The number of hydrogen-bond donors (Lipinski definition) is 1. The molecule has 1 aromatic carbocycles. The van der Waals surface area contributed by atoms with Gasteiger partial charge in [0.25, 0.3) is 0 Å². The molecule has 1 aromatic rings. The van der Waals surface area contributed by atoms with E-state index in [2.05, 4.69) is 4.90 Å². The van der Waals surface area contributed by atoms with Crippen molar-refractivity contribution in [2.45, 2.75) is 51.2 Å².